The first-order chi connectivity index (χ1) is 10.5. The number of hydrogen-bond acceptors (Lipinski definition) is 6. The molecular weight excluding hydrogens is 307 g/mol. The van der Waals surface area contributed by atoms with E-state index in [9.17, 15) is 14.3 Å². The summed E-state index contributed by atoms with van der Waals surface area (Å²) in [6.45, 7) is 0.825. The van der Waals surface area contributed by atoms with Crippen molar-refractivity contribution < 1.29 is 18.8 Å². The van der Waals surface area contributed by atoms with Crippen molar-refractivity contribution in [3.05, 3.63) is 12.0 Å². The Morgan fingerprint density at radius 1 is 1.41 bits per heavy atom. The van der Waals surface area contributed by atoms with Crippen LogP contribution in [0.1, 0.15) is 36.2 Å². The minimum atomic E-state index is -3.38. The molecule has 122 valence electrons. The van der Waals surface area contributed by atoms with E-state index in [2.05, 4.69) is 19.8 Å². The third-order valence-corrected chi connectivity index (χ3v) is 4.96. The lowest BCUT2D eigenvalue weighted by atomic mass is 10.2. The Morgan fingerprint density at radius 3 is 2.95 bits per heavy atom. The summed E-state index contributed by atoms with van der Waals surface area (Å²) >= 11 is 0. The summed E-state index contributed by atoms with van der Waals surface area (Å²) < 4.78 is 17.7. The molecule has 0 amide bonds. The molecule has 1 aromatic rings. The van der Waals surface area contributed by atoms with Crippen molar-refractivity contribution in [3.63, 3.8) is 0 Å². The zero-order chi connectivity index (χ0) is 16.0. The smallest absolute Gasteiger partial charge is 0.327 e. The number of fused-ring (bicyclic) bond motifs is 1. The van der Waals surface area contributed by atoms with E-state index in [0.717, 1.165) is 19.3 Å². The van der Waals surface area contributed by atoms with E-state index >= 15 is 0 Å². The molecule has 1 unspecified atom stereocenters. The number of imidazole rings is 1. The molecule has 2 rings (SSSR count). The van der Waals surface area contributed by atoms with Crippen LogP contribution in [0.4, 0.5) is 5.82 Å². The Labute approximate surface area is 129 Å². The number of aryl methyl sites for hydroxylation is 1. The number of hydrogen-bond donors (Lipinski definition) is 2. The molecule has 0 aromatic carbocycles. The zero-order valence-corrected chi connectivity index (χ0v) is 13.5. The van der Waals surface area contributed by atoms with Crippen molar-refractivity contribution in [1.82, 2.24) is 9.55 Å². The summed E-state index contributed by atoms with van der Waals surface area (Å²) in [7, 11) is -2.13. The maximum absolute atomic E-state index is 12.0. The number of ketones is 1. The highest BCUT2D eigenvalue weighted by molar-refractivity contribution is 7.52. The van der Waals surface area contributed by atoms with Crippen molar-refractivity contribution >= 4 is 25.5 Å². The summed E-state index contributed by atoms with van der Waals surface area (Å²) in [5, 5.41) is 2.89. The Balaban J connectivity index is 1.76. The predicted molar refractivity (Wildman–Crippen MR) is 83.7 cm³/mol. The quantitative estimate of drug-likeness (QED) is 0.558. The standard InChI is InChI=1S/C13H21N4O4P/c1-21-22(19,20)7-5-3-2-4-6-17-10-16-13-12(17)11(18)8-14-9-15-13/h9-10H,2-8H2,1H3,(H,14,15)(H,19,20). The van der Waals surface area contributed by atoms with Crippen LogP contribution in [0.2, 0.25) is 0 Å². The molecule has 8 nitrogen and oxygen atoms in total. The van der Waals surface area contributed by atoms with Gasteiger partial charge in [0.15, 0.2) is 5.82 Å². The van der Waals surface area contributed by atoms with Crippen LogP contribution in [-0.4, -0.2) is 46.4 Å². The molecule has 0 bridgehead atoms. The van der Waals surface area contributed by atoms with Gasteiger partial charge in [0, 0.05) is 19.8 Å². The number of nitrogens with one attached hydrogen (secondary N) is 1. The second-order valence-electron chi connectivity index (χ2n) is 5.13. The molecule has 9 heteroatoms. The molecule has 0 aliphatic carbocycles. The topological polar surface area (TPSA) is 106 Å². The monoisotopic (exact) mass is 328 g/mol. The lowest BCUT2D eigenvalue weighted by Gasteiger charge is -2.09. The van der Waals surface area contributed by atoms with Gasteiger partial charge in [0.25, 0.3) is 0 Å². The first-order valence-corrected chi connectivity index (χ1v) is 9.00. The van der Waals surface area contributed by atoms with Crippen LogP contribution in [0.5, 0.6) is 0 Å². The number of nitrogens with zero attached hydrogens (tertiary/aromatic N) is 3. The molecular formula is C13H21N4O4P. The molecule has 2 N–H and O–H groups in total. The Morgan fingerprint density at radius 2 is 2.18 bits per heavy atom. The normalized spacial score (nSPS) is 16.7. The molecule has 1 aliphatic heterocycles. The highest BCUT2D eigenvalue weighted by Crippen LogP contribution is 2.41. The molecule has 1 atom stereocenters. The largest absolute Gasteiger partial charge is 0.330 e. The Bertz CT molecular complexity index is 599. The second kappa shape index (κ2) is 7.67. The highest BCUT2D eigenvalue weighted by atomic mass is 31.2. The molecule has 0 fully saturated rings. The summed E-state index contributed by atoms with van der Waals surface area (Å²) in [5.41, 5.74) is 0.566. The maximum atomic E-state index is 12.0. The lowest BCUT2D eigenvalue weighted by Crippen LogP contribution is -2.11. The van der Waals surface area contributed by atoms with Gasteiger partial charge >= 0.3 is 7.60 Å². The Hall–Kier alpha value is -1.50. The van der Waals surface area contributed by atoms with Crippen LogP contribution < -0.4 is 5.32 Å². The molecule has 22 heavy (non-hydrogen) atoms. The molecule has 2 heterocycles. The molecule has 0 saturated carbocycles. The molecule has 0 radical (unpaired) electrons. The van der Waals surface area contributed by atoms with Gasteiger partial charge in [-0.05, 0) is 12.8 Å². The van der Waals surface area contributed by atoms with E-state index < -0.39 is 7.60 Å². The zero-order valence-electron chi connectivity index (χ0n) is 12.6. The van der Waals surface area contributed by atoms with Gasteiger partial charge in [0.1, 0.15) is 12.2 Å². The average molecular weight is 328 g/mol. The van der Waals surface area contributed by atoms with Crippen LogP contribution in [-0.2, 0) is 15.6 Å². The third-order valence-electron chi connectivity index (χ3n) is 3.50. The first kappa shape index (κ1) is 16.9. The summed E-state index contributed by atoms with van der Waals surface area (Å²) in [6, 6.07) is 0. The number of carbonyl (C=O) groups is 1. The van der Waals surface area contributed by atoms with Gasteiger partial charge in [-0.3, -0.25) is 14.4 Å². The number of anilines is 1. The highest BCUT2D eigenvalue weighted by Gasteiger charge is 2.19. The van der Waals surface area contributed by atoms with Crippen molar-refractivity contribution in [2.45, 2.75) is 32.2 Å². The van der Waals surface area contributed by atoms with Gasteiger partial charge in [0.2, 0.25) is 5.78 Å². The molecule has 1 aromatic heterocycles. The number of aromatic nitrogens is 2. The third kappa shape index (κ3) is 4.50. The SMILES string of the molecule is COP(=O)(O)CCCCCCn1cnc2c1C(=O)CN=CN2. The van der Waals surface area contributed by atoms with E-state index in [1.54, 1.807) is 6.33 Å². The number of Topliss-reactive ketones (excluding diaryl/α,β-unsaturated/α-hetero) is 1. The van der Waals surface area contributed by atoms with Gasteiger partial charge in [0.05, 0.1) is 12.7 Å². The second-order valence-corrected chi connectivity index (χ2v) is 7.22. The maximum Gasteiger partial charge on any atom is 0.327 e. The van der Waals surface area contributed by atoms with Crippen LogP contribution in [0.3, 0.4) is 0 Å². The number of unbranched alkanes of at least 4 members (excludes halogenated alkanes) is 3. The van der Waals surface area contributed by atoms with Gasteiger partial charge < -0.3 is 19.3 Å². The average Bonchev–Trinajstić information content (AvgIpc) is 2.80. The number of rotatable bonds is 8. The van der Waals surface area contributed by atoms with Crippen LogP contribution in [0, 0.1) is 0 Å². The lowest BCUT2D eigenvalue weighted by molar-refractivity contribution is 0.0994. The van der Waals surface area contributed by atoms with Crippen molar-refractivity contribution in [2.75, 3.05) is 25.1 Å². The Kier molecular flexibility index (Phi) is 5.88. The number of aliphatic imine (C=N–C) groups is 1. The van der Waals surface area contributed by atoms with E-state index in [0.29, 0.717) is 24.5 Å². The summed E-state index contributed by atoms with van der Waals surface area (Å²) in [5.74, 6) is 0.502. The van der Waals surface area contributed by atoms with E-state index in [4.69, 9.17) is 0 Å². The molecule has 0 saturated heterocycles. The predicted octanol–water partition coefficient (Wildman–Crippen LogP) is 1.91. The van der Waals surface area contributed by atoms with Gasteiger partial charge in [-0.25, -0.2) is 4.98 Å². The van der Waals surface area contributed by atoms with E-state index in [1.807, 2.05) is 4.57 Å². The van der Waals surface area contributed by atoms with E-state index in [1.165, 1.54) is 13.4 Å². The fourth-order valence-corrected chi connectivity index (χ4v) is 3.10. The van der Waals surface area contributed by atoms with Gasteiger partial charge in [-0.1, -0.05) is 12.8 Å². The van der Waals surface area contributed by atoms with Crippen LogP contribution >= 0.6 is 7.60 Å². The van der Waals surface area contributed by atoms with Crippen molar-refractivity contribution in [3.8, 4) is 0 Å². The van der Waals surface area contributed by atoms with Gasteiger partial charge in [-0.2, -0.15) is 0 Å². The van der Waals surface area contributed by atoms with Crippen molar-refractivity contribution in [2.24, 2.45) is 4.99 Å². The fraction of sp³-hybridized carbons (Fsp3) is 0.615. The summed E-state index contributed by atoms with van der Waals surface area (Å²) in [4.78, 5) is 29.4. The van der Waals surface area contributed by atoms with Gasteiger partial charge in [-0.15, -0.1) is 0 Å². The van der Waals surface area contributed by atoms with Crippen LogP contribution in [0.25, 0.3) is 0 Å². The first-order valence-electron chi connectivity index (χ1n) is 7.24. The fourth-order valence-electron chi connectivity index (χ4n) is 2.30. The van der Waals surface area contributed by atoms with Crippen LogP contribution in [0.15, 0.2) is 11.3 Å². The number of carbonyl (C=O) groups excluding carboxylic acids is 1. The minimum absolute atomic E-state index is 0.0462. The molecule has 0 spiro atoms. The minimum Gasteiger partial charge on any atom is -0.330 e. The molecule has 1 aliphatic rings. The van der Waals surface area contributed by atoms with Crippen molar-refractivity contribution in [1.29, 1.82) is 0 Å². The van der Waals surface area contributed by atoms with E-state index in [-0.39, 0.29) is 18.5 Å². The summed E-state index contributed by atoms with van der Waals surface area (Å²) in [6.07, 6.45) is 6.61.